The summed E-state index contributed by atoms with van der Waals surface area (Å²) in [4.78, 5) is 10.8. The van der Waals surface area contributed by atoms with Crippen LogP contribution in [0.3, 0.4) is 0 Å². The molecule has 0 spiro atoms. The first-order valence-corrected chi connectivity index (χ1v) is 4.49. The number of nitrogens with two attached hydrogens (primary N) is 2. The molecule has 1 aromatic carbocycles. The van der Waals surface area contributed by atoms with Gasteiger partial charge in [0, 0.05) is 11.9 Å². The maximum atomic E-state index is 13.5. The predicted octanol–water partition coefficient (Wildman–Crippen LogP) is 0.692. The van der Waals surface area contributed by atoms with Crippen LogP contribution in [0, 0.1) is 5.82 Å². The van der Waals surface area contributed by atoms with Crippen molar-refractivity contribution in [2.24, 2.45) is 5.73 Å². The highest BCUT2D eigenvalue weighted by molar-refractivity contribution is 5.90. The Morgan fingerprint density at radius 3 is 2.69 bits per heavy atom. The second kappa shape index (κ2) is 3.65. The lowest BCUT2D eigenvalue weighted by molar-refractivity contribution is 0.0995. The zero-order valence-electron chi connectivity index (χ0n) is 8.22. The first kappa shape index (κ1) is 10.2. The molecule has 0 fully saturated rings. The first-order chi connectivity index (χ1) is 7.58. The van der Waals surface area contributed by atoms with Crippen LogP contribution in [0.15, 0.2) is 30.5 Å². The number of carbonyl (C=O) groups excluding carboxylic acids is 1. The molecule has 0 saturated heterocycles. The van der Waals surface area contributed by atoms with Gasteiger partial charge in [-0.05, 0) is 24.3 Å². The summed E-state index contributed by atoms with van der Waals surface area (Å²) in [6.07, 6.45) is 1.45. The van der Waals surface area contributed by atoms with Crippen LogP contribution in [-0.2, 0) is 0 Å². The minimum absolute atomic E-state index is 0.0798. The van der Waals surface area contributed by atoms with Gasteiger partial charge in [0.2, 0.25) is 0 Å². The van der Waals surface area contributed by atoms with Crippen LogP contribution in [0.5, 0.6) is 0 Å². The summed E-state index contributed by atoms with van der Waals surface area (Å²) in [6.45, 7) is 0. The average molecular weight is 220 g/mol. The molecule has 0 aliphatic carbocycles. The van der Waals surface area contributed by atoms with E-state index >= 15 is 0 Å². The van der Waals surface area contributed by atoms with Gasteiger partial charge in [-0.25, -0.2) is 9.07 Å². The second-order valence-electron chi connectivity index (χ2n) is 3.22. The second-order valence-corrected chi connectivity index (χ2v) is 3.22. The minimum Gasteiger partial charge on any atom is -0.399 e. The third-order valence-electron chi connectivity index (χ3n) is 2.06. The molecule has 0 saturated carbocycles. The molecule has 1 heterocycles. The Morgan fingerprint density at radius 2 is 2.12 bits per heavy atom. The zero-order chi connectivity index (χ0) is 11.7. The van der Waals surface area contributed by atoms with Crippen molar-refractivity contribution in [2.45, 2.75) is 0 Å². The molecule has 1 aromatic heterocycles. The third-order valence-corrected chi connectivity index (χ3v) is 2.06. The van der Waals surface area contributed by atoms with Gasteiger partial charge in [-0.1, -0.05) is 0 Å². The summed E-state index contributed by atoms with van der Waals surface area (Å²) < 4.78 is 14.7. The monoisotopic (exact) mass is 220 g/mol. The number of hydrogen-bond acceptors (Lipinski definition) is 3. The largest absolute Gasteiger partial charge is 0.399 e. The van der Waals surface area contributed by atoms with Crippen molar-refractivity contribution < 1.29 is 9.18 Å². The number of carbonyl (C=O) groups is 1. The predicted molar refractivity (Wildman–Crippen MR) is 56.5 cm³/mol. The molecule has 0 unspecified atom stereocenters. The fourth-order valence-electron chi connectivity index (χ4n) is 1.30. The molecule has 2 rings (SSSR count). The number of amides is 1. The van der Waals surface area contributed by atoms with Crippen LogP contribution >= 0.6 is 0 Å². The van der Waals surface area contributed by atoms with Gasteiger partial charge in [-0.3, -0.25) is 4.79 Å². The molecular weight excluding hydrogens is 211 g/mol. The van der Waals surface area contributed by atoms with Crippen molar-refractivity contribution in [3.63, 3.8) is 0 Å². The highest BCUT2D eigenvalue weighted by atomic mass is 19.1. The maximum Gasteiger partial charge on any atom is 0.269 e. The molecule has 0 aliphatic rings. The molecule has 0 radical (unpaired) electrons. The van der Waals surface area contributed by atoms with Gasteiger partial charge < -0.3 is 11.5 Å². The van der Waals surface area contributed by atoms with E-state index in [2.05, 4.69) is 5.10 Å². The third kappa shape index (κ3) is 1.72. The summed E-state index contributed by atoms with van der Waals surface area (Å²) in [5.41, 5.74) is 11.1. The van der Waals surface area contributed by atoms with Gasteiger partial charge in [-0.2, -0.15) is 5.10 Å². The number of hydrogen-bond donors (Lipinski definition) is 2. The summed E-state index contributed by atoms with van der Waals surface area (Å²) in [6, 6.07) is 5.62. The minimum atomic E-state index is -0.658. The van der Waals surface area contributed by atoms with Crippen LogP contribution < -0.4 is 11.5 Å². The number of rotatable bonds is 2. The molecule has 82 valence electrons. The Hall–Kier alpha value is -2.37. The first-order valence-electron chi connectivity index (χ1n) is 4.49. The van der Waals surface area contributed by atoms with E-state index < -0.39 is 11.7 Å². The van der Waals surface area contributed by atoms with E-state index in [0.717, 1.165) is 0 Å². The number of halogens is 1. The molecule has 0 bridgehead atoms. The van der Waals surface area contributed by atoms with Gasteiger partial charge >= 0.3 is 0 Å². The fourth-order valence-corrected chi connectivity index (χ4v) is 1.30. The zero-order valence-corrected chi connectivity index (χ0v) is 8.22. The van der Waals surface area contributed by atoms with E-state index in [1.54, 1.807) is 6.07 Å². The van der Waals surface area contributed by atoms with E-state index in [9.17, 15) is 9.18 Å². The lowest BCUT2D eigenvalue weighted by atomic mass is 10.3. The summed E-state index contributed by atoms with van der Waals surface area (Å²) in [5, 5.41) is 3.83. The maximum absolute atomic E-state index is 13.5. The Bertz CT molecular complexity index is 550. The Labute approximate surface area is 90.5 Å². The standard InChI is InChI=1S/C10H9FN4O/c11-7-5-6(12)1-2-9(7)15-4-3-8(14-15)10(13)16/h1-5H,12H2,(H2,13,16). The van der Waals surface area contributed by atoms with Gasteiger partial charge in [-0.15, -0.1) is 0 Å². The quantitative estimate of drug-likeness (QED) is 0.730. The van der Waals surface area contributed by atoms with Gasteiger partial charge in [0.05, 0.1) is 0 Å². The molecule has 1 amide bonds. The van der Waals surface area contributed by atoms with Gasteiger partial charge in [0.15, 0.2) is 5.82 Å². The lowest BCUT2D eigenvalue weighted by Crippen LogP contribution is -2.12. The molecule has 5 nitrogen and oxygen atoms in total. The summed E-state index contributed by atoms with van der Waals surface area (Å²) in [7, 11) is 0. The number of nitrogens with zero attached hydrogens (tertiary/aromatic N) is 2. The van der Waals surface area contributed by atoms with E-state index in [1.165, 1.54) is 29.1 Å². The number of anilines is 1. The molecule has 4 N–H and O–H groups in total. The summed E-state index contributed by atoms with van der Waals surface area (Å²) in [5.74, 6) is -1.17. The van der Waals surface area contributed by atoms with Gasteiger partial charge in [0.1, 0.15) is 11.4 Å². The van der Waals surface area contributed by atoms with Gasteiger partial charge in [0.25, 0.3) is 5.91 Å². The number of primary amides is 1. The van der Waals surface area contributed by atoms with Crippen LogP contribution in [0.4, 0.5) is 10.1 Å². The topological polar surface area (TPSA) is 86.9 Å². The molecule has 2 aromatic rings. The summed E-state index contributed by atoms with van der Waals surface area (Å²) >= 11 is 0. The molecule has 6 heteroatoms. The molecule has 0 aliphatic heterocycles. The van der Waals surface area contributed by atoms with Crippen molar-refractivity contribution >= 4 is 11.6 Å². The SMILES string of the molecule is NC(=O)c1ccn(-c2ccc(N)cc2F)n1. The number of nitrogen functional groups attached to an aromatic ring is 1. The smallest absolute Gasteiger partial charge is 0.269 e. The van der Waals surface area contributed by atoms with Crippen molar-refractivity contribution in [2.75, 3.05) is 5.73 Å². The highest BCUT2D eigenvalue weighted by Gasteiger charge is 2.09. The highest BCUT2D eigenvalue weighted by Crippen LogP contribution is 2.15. The van der Waals surface area contributed by atoms with Crippen molar-refractivity contribution in [3.05, 3.63) is 42.0 Å². The average Bonchev–Trinajstić information content (AvgIpc) is 2.66. The van der Waals surface area contributed by atoms with Crippen molar-refractivity contribution in [3.8, 4) is 5.69 Å². The normalized spacial score (nSPS) is 10.3. The van der Waals surface area contributed by atoms with Crippen LogP contribution in [0.1, 0.15) is 10.5 Å². The Kier molecular flexibility index (Phi) is 2.32. The van der Waals surface area contributed by atoms with Crippen molar-refractivity contribution in [1.29, 1.82) is 0 Å². The van der Waals surface area contributed by atoms with E-state index in [4.69, 9.17) is 11.5 Å². The Morgan fingerprint density at radius 1 is 1.38 bits per heavy atom. The number of benzene rings is 1. The van der Waals surface area contributed by atoms with E-state index in [0.29, 0.717) is 5.69 Å². The number of aromatic nitrogens is 2. The van der Waals surface area contributed by atoms with Crippen LogP contribution in [0.2, 0.25) is 0 Å². The van der Waals surface area contributed by atoms with Crippen molar-refractivity contribution in [1.82, 2.24) is 9.78 Å². The Balaban J connectivity index is 2.46. The molecule has 0 atom stereocenters. The van der Waals surface area contributed by atoms with E-state index in [1.807, 2.05) is 0 Å². The van der Waals surface area contributed by atoms with Crippen LogP contribution in [-0.4, -0.2) is 15.7 Å². The lowest BCUT2D eigenvalue weighted by Gasteiger charge is -2.03. The fraction of sp³-hybridized carbons (Fsp3) is 0. The molecule has 16 heavy (non-hydrogen) atoms. The molecular formula is C10H9FN4O. The van der Waals surface area contributed by atoms with Crippen LogP contribution in [0.25, 0.3) is 5.69 Å². The van der Waals surface area contributed by atoms with E-state index in [-0.39, 0.29) is 11.4 Å².